The number of nitrogens with zero attached hydrogens (tertiary/aromatic N) is 2. The van der Waals surface area contributed by atoms with Gasteiger partial charge in [-0.05, 0) is 0 Å². The summed E-state index contributed by atoms with van der Waals surface area (Å²) in [5.74, 6) is -0.190. The third kappa shape index (κ3) is 1.76. The third-order valence-electron chi connectivity index (χ3n) is 1.10. The first-order valence-electron chi connectivity index (χ1n) is 3.02. The third-order valence-corrected chi connectivity index (χ3v) is 1.10. The smallest absolute Gasteiger partial charge is 0.228 e. The van der Waals surface area contributed by atoms with E-state index >= 15 is 0 Å². The van der Waals surface area contributed by atoms with Gasteiger partial charge in [0.1, 0.15) is 0 Å². The lowest BCUT2D eigenvalue weighted by Gasteiger charge is -2.00. The molecule has 0 unspecified atom stereocenters. The van der Waals surface area contributed by atoms with Crippen LogP contribution in [0.4, 0.5) is 10.3 Å². The standard InChI is InChI=1S/C6H8FN3O/c1-8-6-9-4(7)3-5(10-6)11-2/h3H,1-2H3,(H,8,9,10). The van der Waals surface area contributed by atoms with Crippen molar-refractivity contribution >= 4 is 5.95 Å². The van der Waals surface area contributed by atoms with Gasteiger partial charge in [0, 0.05) is 7.05 Å². The van der Waals surface area contributed by atoms with Crippen molar-refractivity contribution in [2.24, 2.45) is 0 Å². The molecule has 0 aliphatic carbocycles. The van der Waals surface area contributed by atoms with Crippen molar-refractivity contribution in [3.05, 3.63) is 12.0 Å². The molecule has 0 aliphatic heterocycles. The Balaban J connectivity index is 3.02. The van der Waals surface area contributed by atoms with Gasteiger partial charge in [-0.2, -0.15) is 14.4 Å². The largest absolute Gasteiger partial charge is 0.481 e. The monoisotopic (exact) mass is 157 g/mol. The molecule has 0 aliphatic rings. The van der Waals surface area contributed by atoms with Crippen LogP contribution < -0.4 is 10.1 Å². The van der Waals surface area contributed by atoms with Gasteiger partial charge in [-0.3, -0.25) is 0 Å². The molecule has 0 atom stereocenters. The second-order valence-corrected chi connectivity index (χ2v) is 1.81. The Bertz CT molecular complexity index is 231. The lowest BCUT2D eigenvalue weighted by atomic mass is 10.6. The highest BCUT2D eigenvalue weighted by Crippen LogP contribution is 2.09. The Morgan fingerprint density at radius 2 is 2.27 bits per heavy atom. The highest BCUT2D eigenvalue weighted by Gasteiger charge is 2.01. The lowest BCUT2D eigenvalue weighted by Crippen LogP contribution is -2.00. The van der Waals surface area contributed by atoms with E-state index in [2.05, 4.69) is 15.3 Å². The molecule has 0 saturated heterocycles. The molecule has 0 aromatic carbocycles. The minimum absolute atomic E-state index is 0.210. The maximum Gasteiger partial charge on any atom is 0.228 e. The molecule has 1 aromatic heterocycles. The van der Waals surface area contributed by atoms with Gasteiger partial charge in [0.2, 0.25) is 17.8 Å². The molecule has 60 valence electrons. The number of hydrogen-bond acceptors (Lipinski definition) is 4. The summed E-state index contributed by atoms with van der Waals surface area (Å²) in [5, 5.41) is 2.60. The molecule has 4 nitrogen and oxygen atoms in total. The van der Waals surface area contributed by atoms with Crippen LogP contribution >= 0.6 is 0 Å². The van der Waals surface area contributed by atoms with Crippen LogP contribution in [0.1, 0.15) is 0 Å². The van der Waals surface area contributed by atoms with Crippen molar-refractivity contribution < 1.29 is 9.13 Å². The van der Waals surface area contributed by atoms with Crippen LogP contribution in [0.3, 0.4) is 0 Å². The van der Waals surface area contributed by atoms with E-state index in [9.17, 15) is 4.39 Å². The summed E-state index contributed by atoms with van der Waals surface area (Å²) in [4.78, 5) is 7.22. The number of halogens is 1. The highest BCUT2D eigenvalue weighted by molar-refractivity contribution is 5.26. The molecular weight excluding hydrogens is 149 g/mol. The van der Waals surface area contributed by atoms with Crippen LogP contribution in [0.2, 0.25) is 0 Å². The molecule has 11 heavy (non-hydrogen) atoms. The molecule has 1 heterocycles. The molecule has 0 amide bonds. The first kappa shape index (κ1) is 7.71. The predicted molar refractivity (Wildman–Crippen MR) is 38.1 cm³/mol. The summed E-state index contributed by atoms with van der Waals surface area (Å²) in [6, 6.07) is 1.11. The van der Waals surface area contributed by atoms with Crippen molar-refractivity contribution in [3.63, 3.8) is 0 Å². The summed E-state index contributed by atoms with van der Waals surface area (Å²) in [5.41, 5.74) is 0. The Morgan fingerprint density at radius 3 is 2.82 bits per heavy atom. The molecule has 0 bridgehead atoms. The molecule has 1 aromatic rings. The summed E-state index contributed by atoms with van der Waals surface area (Å²) in [6.07, 6.45) is 0. The quantitative estimate of drug-likeness (QED) is 0.641. The highest BCUT2D eigenvalue weighted by atomic mass is 19.1. The van der Waals surface area contributed by atoms with E-state index in [0.717, 1.165) is 6.07 Å². The van der Waals surface area contributed by atoms with Gasteiger partial charge in [0.25, 0.3) is 0 Å². The second kappa shape index (κ2) is 3.14. The van der Waals surface area contributed by atoms with Crippen molar-refractivity contribution in [3.8, 4) is 5.88 Å². The van der Waals surface area contributed by atoms with E-state index < -0.39 is 5.95 Å². The lowest BCUT2D eigenvalue weighted by molar-refractivity contribution is 0.392. The van der Waals surface area contributed by atoms with Gasteiger partial charge in [-0.15, -0.1) is 0 Å². The van der Waals surface area contributed by atoms with Gasteiger partial charge in [-0.25, -0.2) is 0 Å². The minimum atomic E-state index is -0.610. The molecule has 1 N–H and O–H groups in total. The maximum absolute atomic E-state index is 12.5. The molecule has 0 spiro atoms. The van der Waals surface area contributed by atoms with Gasteiger partial charge >= 0.3 is 0 Å². The van der Waals surface area contributed by atoms with Crippen LogP contribution in [0.25, 0.3) is 0 Å². The number of rotatable bonds is 2. The topological polar surface area (TPSA) is 47.0 Å². The zero-order valence-corrected chi connectivity index (χ0v) is 6.26. The molecule has 0 saturated carbocycles. The number of aromatic nitrogens is 2. The van der Waals surface area contributed by atoms with Crippen LogP contribution in [0.15, 0.2) is 6.07 Å². The molecule has 0 fully saturated rings. The van der Waals surface area contributed by atoms with Crippen LogP contribution in [-0.4, -0.2) is 24.1 Å². The fraction of sp³-hybridized carbons (Fsp3) is 0.333. The molecular formula is C6H8FN3O. The number of anilines is 1. The van der Waals surface area contributed by atoms with Crippen molar-refractivity contribution in [1.29, 1.82) is 0 Å². The SMILES string of the molecule is CNc1nc(F)cc(OC)n1. The van der Waals surface area contributed by atoms with Gasteiger partial charge in [0.15, 0.2) is 0 Å². The number of ether oxygens (including phenoxy) is 1. The number of nitrogens with one attached hydrogen (secondary N) is 1. The van der Waals surface area contributed by atoms with Gasteiger partial charge in [0.05, 0.1) is 13.2 Å². The second-order valence-electron chi connectivity index (χ2n) is 1.81. The zero-order valence-electron chi connectivity index (χ0n) is 6.26. The van der Waals surface area contributed by atoms with E-state index in [4.69, 9.17) is 4.74 Å². The zero-order chi connectivity index (χ0) is 8.27. The van der Waals surface area contributed by atoms with Gasteiger partial charge in [-0.1, -0.05) is 0 Å². The Morgan fingerprint density at radius 1 is 1.55 bits per heavy atom. The van der Waals surface area contributed by atoms with Crippen LogP contribution in [0.5, 0.6) is 5.88 Å². The summed E-state index contributed by atoms with van der Waals surface area (Å²) in [7, 11) is 3.02. The Hall–Kier alpha value is -1.39. The van der Waals surface area contributed by atoms with E-state index in [0.29, 0.717) is 0 Å². The predicted octanol–water partition coefficient (Wildman–Crippen LogP) is 0.666. The summed E-state index contributed by atoms with van der Waals surface area (Å²) in [6.45, 7) is 0. The van der Waals surface area contributed by atoms with Crippen LogP contribution in [0, 0.1) is 5.95 Å². The molecule has 0 radical (unpaired) electrons. The summed E-state index contributed by atoms with van der Waals surface area (Å²) >= 11 is 0. The van der Waals surface area contributed by atoms with E-state index in [-0.39, 0.29) is 11.8 Å². The van der Waals surface area contributed by atoms with Gasteiger partial charge < -0.3 is 10.1 Å². The molecule has 1 rings (SSSR count). The first-order chi connectivity index (χ1) is 5.26. The first-order valence-corrected chi connectivity index (χ1v) is 3.02. The maximum atomic E-state index is 12.5. The number of methoxy groups -OCH3 is 1. The Labute approximate surface area is 63.4 Å². The average Bonchev–Trinajstić information content (AvgIpc) is 2.03. The van der Waals surface area contributed by atoms with E-state index in [1.54, 1.807) is 7.05 Å². The minimum Gasteiger partial charge on any atom is -0.481 e. The fourth-order valence-electron chi connectivity index (χ4n) is 0.613. The summed E-state index contributed by atoms with van der Waals surface area (Å²) < 4.78 is 17.2. The van der Waals surface area contributed by atoms with Crippen LogP contribution in [-0.2, 0) is 0 Å². The van der Waals surface area contributed by atoms with E-state index in [1.807, 2.05) is 0 Å². The Kier molecular flexibility index (Phi) is 2.20. The normalized spacial score (nSPS) is 9.36. The average molecular weight is 157 g/mol. The fourth-order valence-corrected chi connectivity index (χ4v) is 0.613. The van der Waals surface area contributed by atoms with Crippen molar-refractivity contribution in [2.45, 2.75) is 0 Å². The number of hydrogen-bond donors (Lipinski definition) is 1. The van der Waals surface area contributed by atoms with Crippen molar-refractivity contribution in [2.75, 3.05) is 19.5 Å². The molecule has 5 heteroatoms. The van der Waals surface area contributed by atoms with E-state index in [1.165, 1.54) is 7.11 Å². The van der Waals surface area contributed by atoms with Crippen molar-refractivity contribution in [1.82, 2.24) is 9.97 Å².